The van der Waals surface area contributed by atoms with Gasteiger partial charge in [-0.05, 0) is 31.0 Å². The summed E-state index contributed by atoms with van der Waals surface area (Å²) in [7, 11) is 1.99. The molecular formula is C20H25N5OS2. The Morgan fingerprint density at radius 1 is 1.29 bits per heavy atom. The molecule has 148 valence electrons. The van der Waals surface area contributed by atoms with Crippen LogP contribution in [0.2, 0.25) is 0 Å². The van der Waals surface area contributed by atoms with Crippen LogP contribution in [0.4, 0.5) is 10.8 Å². The SMILES string of the molecule is CC(=O)N(c1nc(CSc2nnc(C(C)C)n2C)cs1)c1cccc(C)c1C. The summed E-state index contributed by atoms with van der Waals surface area (Å²) in [6.07, 6.45) is 0. The van der Waals surface area contributed by atoms with Crippen molar-refractivity contribution in [2.24, 2.45) is 7.05 Å². The van der Waals surface area contributed by atoms with Gasteiger partial charge in [-0.15, -0.1) is 21.5 Å². The van der Waals surface area contributed by atoms with E-state index in [0.717, 1.165) is 33.5 Å². The third kappa shape index (κ3) is 4.12. The zero-order valence-electron chi connectivity index (χ0n) is 17.1. The molecule has 0 aliphatic rings. The topological polar surface area (TPSA) is 63.9 Å². The lowest BCUT2D eigenvalue weighted by Crippen LogP contribution is -2.23. The van der Waals surface area contributed by atoms with Gasteiger partial charge < -0.3 is 4.57 Å². The number of nitrogens with zero attached hydrogens (tertiary/aromatic N) is 5. The van der Waals surface area contributed by atoms with E-state index < -0.39 is 0 Å². The van der Waals surface area contributed by atoms with Crippen LogP contribution in [0.3, 0.4) is 0 Å². The maximum atomic E-state index is 12.4. The fourth-order valence-corrected chi connectivity index (χ4v) is 4.74. The van der Waals surface area contributed by atoms with Gasteiger partial charge in [0.2, 0.25) is 5.91 Å². The largest absolute Gasteiger partial charge is 0.309 e. The first-order chi connectivity index (χ1) is 13.3. The Morgan fingerprint density at radius 3 is 2.68 bits per heavy atom. The van der Waals surface area contributed by atoms with Crippen molar-refractivity contribution >= 4 is 39.8 Å². The average Bonchev–Trinajstić information content (AvgIpc) is 3.23. The zero-order chi connectivity index (χ0) is 20.4. The van der Waals surface area contributed by atoms with Crippen LogP contribution in [-0.4, -0.2) is 25.7 Å². The van der Waals surface area contributed by atoms with E-state index >= 15 is 0 Å². The van der Waals surface area contributed by atoms with Gasteiger partial charge in [0.15, 0.2) is 10.3 Å². The minimum absolute atomic E-state index is 0.0443. The Labute approximate surface area is 174 Å². The molecule has 3 aromatic rings. The van der Waals surface area contributed by atoms with E-state index in [-0.39, 0.29) is 5.91 Å². The molecule has 0 atom stereocenters. The molecule has 2 aromatic heterocycles. The fourth-order valence-electron chi connectivity index (χ4n) is 2.94. The van der Waals surface area contributed by atoms with E-state index in [2.05, 4.69) is 24.0 Å². The van der Waals surface area contributed by atoms with Crippen LogP contribution in [0.5, 0.6) is 0 Å². The molecule has 28 heavy (non-hydrogen) atoms. The number of aryl methyl sites for hydroxylation is 1. The Bertz CT molecular complexity index is 992. The van der Waals surface area contributed by atoms with Crippen LogP contribution in [0, 0.1) is 13.8 Å². The van der Waals surface area contributed by atoms with Crippen molar-refractivity contribution in [3.8, 4) is 0 Å². The Balaban J connectivity index is 1.80. The molecule has 0 aliphatic heterocycles. The molecule has 1 aromatic carbocycles. The molecule has 0 radical (unpaired) electrons. The number of aromatic nitrogens is 4. The maximum Gasteiger partial charge on any atom is 0.230 e. The van der Waals surface area contributed by atoms with E-state index in [1.54, 1.807) is 23.6 Å². The molecule has 6 nitrogen and oxygen atoms in total. The lowest BCUT2D eigenvalue weighted by atomic mass is 10.1. The minimum Gasteiger partial charge on any atom is -0.309 e. The van der Waals surface area contributed by atoms with Crippen LogP contribution in [0.25, 0.3) is 0 Å². The second-order valence-corrected chi connectivity index (χ2v) is 8.82. The fraction of sp³-hybridized carbons (Fsp3) is 0.400. The van der Waals surface area contributed by atoms with Gasteiger partial charge >= 0.3 is 0 Å². The number of carbonyl (C=O) groups is 1. The summed E-state index contributed by atoms with van der Waals surface area (Å²) in [5.41, 5.74) is 4.05. The predicted octanol–water partition coefficient (Wildman–Crippen LogP) is 4.99. The normalized spacial score (nSPS) is 11.2. The van der Waals surface area contributed by atoms with Crippen molar-refractivity contribution in [3.05, 3.63) is 46.2 Å². The zero-order valence-corrected chi connectivity index (χ0v) is 18.7. The Morgan fingerprint density at radius 2 is 2.04 bits per heavy atom. The summed E-state index contributed by atoms with van der Waals surface area (Å²) in [4.78, 5) is 18.8. The van der Waals surface area contributed by atoms with E-state index in [9.17, 15) is 4.79 Å². The average molecular weight is 416 g/mol. The molecule has 0 bridgehead atoms. The number of amides is 1. The van der Waals surface area contributed by atoms with Gasteiger partial charge in [-0.25, -0.2) is 4.98 Å². The molecule has 1 amide bonds. The Kier molecular flexibility index (Phi) is 6.20. The van der Waals surface area contributed by atoms with Gasteiger partial charge in [-0.3, -0.25) is 9.69 Å². The summed E-state index contributed by atoms with van der Waals surface area (Å²) in [5.74, 6) is 1.94. The molecule has 2 heterocycles. The molecule has 0 unspecified atom stereocenters. The smallest absolute Gasteiger partial charge is 0.230 e. The van der Waals surface area contributed by atoms with Crippen molar-refractivity contribution in [1.82, 2.24) is 19.7 Å². The number of carbonyl (C=O) groups excluding carboxylic acids is 1. The quantitative estimate of drug-likeness (QED) is 0.531. The molecule has 0 N–H and O–H groups in total. The summed E-state index contributed by atoms with van der Waals surface area (Å²) in [6.45, 7) is 9.87. The molecule has 0 aliphatic carbocycles. The highest BCUT2D eigenvalue weighted by molar-refractivity contribution is 7.98. The highest BCUT2D eigenvalue weighted by Gasteiger charge is 2.20. The van der Waals surface area contributed by atoms with Crippen LogP contribution in [0.15, 0.2) is 28.7 Å². The van der Waals surface area contributed by atoms with E-state index in [0.29, 0.717) is 16.8 Å². The third-order valence-electron chi connectivity index (χ3n) is 4.60. The van der Waals surface area contributed by atoms with Crippen molar-refractivity contribution < 1.29 is 4.79 Å². The van der Waals surface area contributed by atoms with Gasteiger partial charge in [0.25, 0.3) is 0 Å². The Hall–Kier alpha value is -2.19. The number of anilines is 2. The first kappa shape index (κ1) is 20.5. The number of rotatable bonds is 6. The van der Waals surface area contributed by atoms with Crippen molar-refractivity contribution in [1.29, 1.82) is 0 Å². The highest BCUT2D eigenvalue weighted by atomic mass is 32.2. The predicted molar refractivity (Wildman–Crippen MR) is 116 cm³/mol. The van der Waals surface area contributed by atoms with E-state index in [4.69, 9.17) is 4.98 Å². The number of hydrogen-bond donors (Lipinski definition) is 0. The van der Waals surface area contributed by atoms with Crippen LogP contribution in [0.1, 0.15) is 49.3 Å². The molecule has 0 saturated heterocycles. The standard InChI is InChI=1S/C20H25N5OS2/c1-12(2)18-22-23-20(24(18)6)28-11-16-10-27-19(21-16)25(15(5)26)17-9-7-8-13(3)14(17)4/h7-10,12H,11H2,1-6H3. The first-order valence-electron chi connectivity index (χ1n) is 9.13. The van der Waals surface area contributed by atoms with Gasteiger partial charge in [0, 0.05) is 31.0 Å². The molecule has 0 fully saturated rings. The van der Waals surface area contributed by atoms with Gasteiger partial charge in [0.1, 0.15) is 5.82 Å². The first-order valence-corrected chi connectivity index (χ1v) is 11.0. The van der Waals surface area contributed by atoms with Gasteiger partial charge in [-0.1, -0.05) is 37.7 Å². The van der Waals surface area contributed by atoms with Crippen LogP contribution in [-0.2, 0) is 17.6 Å². The van der Waals surface area contributed by atoms with E-state index in [1.165, 1.54) is 11.3 Å². The number of hydrogen-bond acceptors (Lipinski definition) is 6. The lowest BCUT2D eigenvalue weighted by molar-refractivity contribution is -0.115. The van der Waals surface area contributed by atoms with Gasteiger partial charge in [-0.2, -0.15) is 0 Å². The number of benzene rings is 1. The monoisotopic (exact) mass is 415 g/mol. The van der Waals surface area contributed by atoms with Gasteiger partial charge in [0.05, 0.1) is 11.4 Å². The molecule has 0 spiro atoms. The molecule has 3 rings (SSSR count). The summed E-state index contributed by atoms with van der Waals surface area (Å²) < 4.78 is 2.03. The maximum absolute atomic E-state index is 12.4. The molecule has 0 saturated carbocycles. The highest BCUT2D eigenvalue weighted by Crippen LogP contribution is 2.33. The van der Waals surface area contributed by atoms with E-state index in [1.807, 2.05) is 49.0 Å². The van der Waals surface area contributed by atoms with Crippen molar-refractivity contribution in [2.45, 2.75) is 51.4 Å². The number of thiazole rings is 1. The number of thioether (sulfide) groups is 1. The molecule has 8 heteroatoms. The third-order valence-corrected chi connectivity index (χ3v) is 6.53. The van der Waals surface area contributed by atoms with Crippen LogP contribution < -0.4 is 4.90 Å². The minimum atomic E-state index is -0.0443. The van der Waals surface area contributed by atoms with Crippen LogP contribution >= 0.6 is 23.1 Å². The second-order valence-electron chi connectivity index (χ2n) is 7.04. The summed E-state index contributed by atoms with van der Waals surface area (Å²) >= 11 is 3.09. The van der Waals surface area contributed by atoms with Crippen molar-refractivity contribution in [2.75, 3.05) is 4.90 Å². The molecular weight excluding hydrogens is 390 g/mol. The second kappa shape index (κ2) is 8.45. The summed E-state index contributed by atoms with van der Waals surface area (Å²) in [5, 5.41) is 12.1. The summed E-state index contributed by atoms with van der Waals surface area (Å²) in [6, 6.07) is 5.98. The van der Waals surface area contributed by atoms with Crippen molar-refractivity contribution in [3.63, 3.8) is 0 Å². The lowest BCUT2D eigenvalue weighted by Gasteiger charge is -2.21.